The number of rotatable bonds is 9. The van der Waals surface area contributed by atoms with E-state index in [-0.39, 0.29) is 16.8 Å². The first-order valence-electron chi connectivity index (χ1n) is 10.8. The van der Waals surface area contributed by atoms with E-state index in [0.29, 0.717) is 24.4 Å². The van der Waals surface area contributed by atoms with Crippen LogP contribution in [0.4, 0.5) is 4.39 Å². The van der Waals surface area contributed by atoms with Crippen LogP contribution in [0, 0.1) is 5.82 Å². The van der Waals surface area contributed by atoms with Crippen LogP contribution in [0.15, 0.2) is 83.8 Å². The Bertz CT molecular complexity index is 1310. The van der Waals surface area contributed by atoms with Crippen molar-refractivity contribution in [1.82, 2.24) is 4.57 Å². The van der Waals surface area contributed by atoms with Gasteiger partial charge in [-0.15, -0.1) is 0 Å². The molecule has 0 saturated heterocycles. The van der Waals surface area contributed by atoms with Crippen LogP contribution in [0.2, 0.25) is 0 Å². The Morgan fingerprint density at radius 3 is 2.42 bits per heavy atom. The van der Waals surface area contributed by atoms with Crippen LogP contribution in [0.3, 0.4) is 0 Å². The molecule has 0 aliphatic carbocycles. The third-order valence-corrected chi connectivity index (χ3v) is 5.52. The lowest BCUT2D eigenvalue weighted by atomic mass is 10.1. The number of fused-ring (bicyclic) bond motifs is 1. The molecule has 0 bridgehead atoms. The third kappa shape index (κ3) is 5.47. The maximum absolute atomic E-state index is 13.2. The molecule has 0 amide bonds. The molecule has 0 aliphatic heterocycles. The van der Waals surface area contributed by atoms with Crippen molar-refractivity contribution in [3.05, 3.63) is 112 Å². The molecule has 4 aromatic rings. The van der Waals surface area contributed by atoms with Gasteiger partial charge >= 0.3 is 5.97 Å². The average Bonchev–Trinajstić information content (AvgIpc) is 2.82. The Morgan fingerprint density at radius 1 is 0.939 bits per heavy atom. The second kappa shape index (κ2) is 10.1. The van der Waals surface area contributed by atoms with Crippen molar-refractivity contribution < 1.29 is 19.0 Å². The first-order chi connectivity index (χ1) is 16.0. The first-order valence-corrected chi connectivity index (χ1v) is 10.8. The topological polar surface area (TPSA) is 68.5 Å². The Morgan fingerprint density at radius 2 is 1.70 bits per heavy atom. The smallest absolute Gasteiger partial charge is 0.341 e. The molecule has 4 rings (SSSR count). The quantitative estimate of drug-likeness (QED) is 0.356. The Kier molecular flexibility index (Phi) is 6.83. The maximum Gasteiger partial charge on any atom is 0.341 e. The van der Waals surface area contributed by atoms with Gasteiger partial charge in [0.1, 0.15) is 17.1 Å². The molecule has 1 heterocycles. The van der Waals surface area contributed by atoms with E-state index in [1.54, 1.807) is 34.9 Å². The number of aromatic nitrogens is 1. The number of pyridine rings is 1. The summed E-state index contributed by atoms with van der Waals surface area (Å²) in [7, 11) is 0. The number of nitrogens with zero attached hydrogens (tertiary/aromatic N) is 1. The van der Waals surface area contributed by atoms with Gasteiger partial charge in [0.15, 0.2) is 0 Å². The molecule has 168 valence electrons. The highest BCUT2D eigenvalue weighted by Crippen LogP contribution is 2.21. The number of unbranched alkanes of at least 4 members (excludes halogenated alkanes) is 1. The van der Waals surface area contributed by atoms with Crippen molar-refractivity contribution in [2.24, 2.45) is 0 Å². The van der Waals surface area contributed by atoms with Gasteiger partial charge in [0.2, 0.25) is 5.43 Å². The van der Waals surface area contributed by atoms with Crippen molar-refractivity contribution in [1.29, 1.82) is 0 Å². The van der Waals surface area contributed by atoms with Gasteiger partial charge in [-0.05, 0) is 60.7 Å². The summed E-state index contributed by atoms with van der Waals surface area (Å²) in [6, 6.07) is 21.3. The predicted molar refractivity (Wildman–Crippen MR) is 126 cm³/mol. The molecule has 1 N–H and O–H groups in total. The van der Waals surface area contributed by atoms with Crippen LogP contribution in [0.1, 0.15) is 34.3 Å². The first kappa shape index (κ1) is 22.3. The predicted octanol–water partition coefficient (Wildman–Crippen LogP) is 5.29. The third-order valence-electron chi connectivity index (χ3n) is 5.52. The number of halogens is 1. The fourth-order valence-electron chi connectivity index (χ4n) is 3.80. The second-order valence-corrected chi connectivity index (χ2v) is 7.90. The lowest BCUT2D eigenvalue weighted by molar-refractivity contribution is 0.0695. The summed E-state index contributed by atoms with van der Waals surface area (Å²) in [6.07, 6.45) is 4.14. The highest BCUT2D eigenvalue weighted by Gasteiger charge is 2.15. The van der Waals surface area contributed by atoms with E-state index in [4.69, 9.17) is 4.74 Å². The van der Waals surface area contributed by atoms with Gasteiger partial charge in [-0.3, -0.25) is 4.79 Å². The number of carboxylic acid groups (broad SMARTS) is 1. The highest BCUT2D eigenvalue weighted by atomic mass is 19.1. The molecule has 3 aromatic carbocycles. The van der Waals surface area contributed by atoms with Gasteiger partial charge < -0.3 is 14.4 Å². The second-order valence-electron chi connectivity index (χ2n) is 7.90. The number of carbonyl (C=O) groups is 1. The molecular weight excluding hydrogens is 421 g/mol. The molecule has 0 radical (unpaired) electrons. The standard InChI is InChI=1S/C27H24FNO4/c28-21-11-9-20(10-12-21)17-29-18-24(27(31)32)26(30)23-16-22(13-14-25(23)29)33-15-5-4-8-19-6-2-1-3-7-19/h1-3,6-7,9-14,16,18H,4-5,8,15,17H2,(H,31,32). The maximum atomic E-state index is 13.2. The number of aryl methyl sites for hydroxylation is 1. The van der Waals surface area contributed by atoms with Gasteiger partial charge in [-0.25, -0.2) is 9.18 Å². The molecular formula is C27H24FNO4. The minimum atomic E-state index is -1.29. The number of aromatic carboxylic acids is 1. The van der Waals surface area contributed by atoms with E-state index in [0.717, 1.165) is 24.8 Å². The SMILES string of the molecule is O=C(O)c1cn(Cc2ccc(F)cc2)c2ccc(OCCCCc3ccccc3)cc2c1=O. The number of carboxylic acids is 1. The molecule has 33 heavy (non-hydrogen) atoms. The summed E-state index contributed by atoms with van der Waals surface area (Å²) in [5.74, 6) is -1.11. The summed E-state index contributed by atoms with van der Waals surface area (Å²) >= 11 is 0. The van der Waals surface area contributed by atoms with E-state index in [1.165, 1.54) is 23.9 Å². The lowest BCUT2D eigenvalue weighted by Gasteiger charge is -2.14. The monoisotopic (exact) mass is 445 g/mol. The molecule has 6 heteroatoms. The van der Waals surface area contributed by atoms with Gasteiger partial charge in [0.05, 0.1) is 17.5 Å². The van der Waals surface area contributed by atoms with Gasteiger partial charge in [-0.1, -0.05) is 42.5 Å². The summed E-state index contributed by atoms with van der Waals surface area (Å²) < 4.78 is 20.8. The number of benzene rings is 3. The van der Waals surface area contributed by atoms with Gasteiger partial charge in [0, 0.05) is 12.7 Å². The Labute approximate surface area is 190 Å². The highest BCUT2D eigenvalue weighted by molar-refractivity contribution is 5.93. The average molecular weight is 445 g/mol. The minimum absolute atomic E-state index is 0.277. The van der Waals surface area contributed by atoms with Crippen LogP contribution in [-0.4, -0.2) is 22.2 Å². The minimum Gasteiger partial charge on any atom is -0.494 e. The van der Waals surface area contributed by atoms with Crippen molar-refractivity contribution in [2.45, 2.75) is 25.8 Å². The Balaban J connectivity index is 1.52. The van der Waals surface area contributed by atoms with Crippen molar-refractivity contribution in [2.75, 3.05) is 6.61 Å². The van der Waals surface area contributed by atoms with Crippen LogP contribution < -0.4 is 10.2 Å². The van der Waals surface area contributed by atoms with E-state index >= 15 is 0 Å². The molecule has 0 aliphatic rings. The summed E-state index contributed by atoms with van der Waals surface area (Å²) in [5, 5.41) is 9.80. The zero-order valence-corrected chi connectivity index (χ0v) is 18.0. The van der Waals surface area contributed by atoms with E-state index in [2.05, 4.69) is 12.1 Å². The number of ether oxygens (including phenoxy) is 1. The van der Waals surface area contributed by atoms with Gasteiger partial charge in [0.25, 0.3) is 0 Å². The van der Waals surface area contributed by atoms with E-state index < -0.39 is 11.4 Å². The van der Waals surface area contributed by atoms with Crippen LogP contribution in [0.25, 0.3) is 10.9 Å². The molecule has 5 nitrogen and oxygen atoms in total. The van der Waals surface area contributed by atoms with Crippen molar-refractivity contribution in [3.63, 3.8) is 0 Å². The van der Waals surface area contributed by atoms with E-state index in [9.17, 15) is 19.1 Å². The van der Waals surface area contributed by atoms with Crippen molar-refractivity contribution in [3.8, 4) is 5.75 Å². The van der Waals surface area contributed by atoms with Crippen LogP contribution in [-0.2, 0) is 13.0 Å². The van der Waals surface area contributed by atoms with Crippen molar-refractivity contribution >= 4 is 16.9 Å². The molecule has 0 spiro atoms. The molecule has 0 fully saturated rings. The van der Waals surface area contributed by atoms with Gasteiger partial charge in [-0.2, -0.15) is 0 Å². The number of hydrogen-bond donors (Lipinski definition) is 1. The molecule has 0 unspecified atom stereocenters. The molecule has 0 atom stereocenters. The lowest BCUT2D eigenvalue weighted by Crippen LogP contribution is -2.19. The zero-order chi connectivity index (χ0) is 23.2. The largest absolute Gasteiger partial charge is 0.494 e. The van der Waals surface area contributed by atoms with Crippen LogP contribution >= 0.6 is 0 Å². The van der Waals surface area contributed by atoms with E-state index in [1.807, 2.05) is 18.2 Å². The molecule has 0 saturated carbocycles. The summed E-state index contributed by atoms with van der Waals surface area (Å²) in [6.45, 7) is 0.803. The fraction of sp³-hybridized carbons (Fsp3) is 0.185. The Hall–Kier alpha value is -3.93. The normalized spacial score (nSPS) is 10.9. The zero-order valence-electron chi connectivity index (χ0n) is 18.0. The fourth-order valence-corrected chi connectivity index (χ4v) is 3.80. The molecule has 1 aromatic heterocycles. The summed E-state index contributed by atoms with van der Waals surface area (Å²) in [4.78, 5) is 24.5. The van der Waals surface area contributed by atoms with Crippen LogP contribution in [0.5, 0.6) is 5.75 Å². The summed E-state index contributed by atoms with van der Waals surface area (Å²) in [5.41, 5.74) is 1.79. The number of hydrogen-bond acceptors (Lipinski definition) is 3.